The molecule has 2 aromatic rings. The van der Waals surface area contributed by atoms with Crippen LogP contribution in [-0.2, 0) is 50.7 Å². The van der Waals surface area contributed by atoms with Gasteiger partial charge >= 0.3 is 23.5 Å². The Morgan fingerprint density at radius 2 is 1.62 bits per heavy atom. The molecule has 0 radical (unpaired) electrons. The summed E-state index contributed by atoms with van der Waals surface area (Å²) in [6.45, 7) is 2.49. The Morgan fingerprint density at radius 3 is 2.30 bits per heavy atom. The molecule has 0 aliphatic carbocycles. The number of hydrogen-bond donors (Lipinski definition) is 10. The lowest BCUT2D eigenvalue weighted by Gasteiger charge is -2.30. The summed E-state index contributed by atoms with van der Waals surface area (Å²) >= 11 is 0.903. The van der Waals surface area contributed by atoms with Crippen LogP contribution >= 0.6 is 35.2 Å². The van der Waals surface area contributed by atoms with Crippen LogP contribution in [0.15, 0.2) is 12.7 Å². The van der Waals surface area contributed by atoms with Crippen molar-refractivity contribution in [1.29, 1.82) is 0 Å². The van der Waals surface area contributed by atoms with E-state index in [1.807, 2.05) is 0 Å². The van der Waals surface area contributed by atoms with Crippen molar-refractivity contribution in [3.05, 3.63) is 12.7 Å². The molecule has 11 N–H and O–H groups in total. The molecule has 1 saturated heterocycles. The highest BCUT2D eigenvalue weighted by Crippen LogP contribution is 2.61. The second-order valence-electron chi connectivity index (χ2n) is 14.7. The molecule has 1 fully saturated rings. The molecule has 8 atom stereocenters. The average molecular weight is 952 g/mol. The molecular weight excluding hydrogens is 895 g/mol. The molecule has 3 heterocycles. The van der Waals surface area contributed by atoms with Crippen LogP contribution < -0.4 is 16.4 Å². The van der Waals surface area contributed by atoms with Crippen molar-refractivity contribution in [3.8, 4) is 0 Å². The third-order valence-electron chi connectivity index (χ3n) is 9.10. The zero-order valence-electron chi connectivity index (χ0n) is 33.8. The van der Waals surface area contributed by atoms with E-state index in [4.69, 9.17) is 19.5 Å². The second-order valence-corrected chi connectivity index (χ2v) is 20.0. The molecule has 0 bridgehead atoms. The molecule has 8 unspecified atom stereocenters. The summed E-state index contributed by atoms with van der Waals surface area (Å²) in [5.41, 5.74) is 4.24. The Hall–Kier alpha value is -2.48. The number of nitrogens with zero attached hydrogens (tertiary/aromatic N) is 4. The van der Waals surface area contributed by atoms with Gasteiger partial charge in [0.25, 0.3) is 0 Å². The van der Waals surface area contributed by atoms with Crippen molar-refractivity contribution in [2.75, 3.05) is 37.8 Å². The number of hydrogen-bond acceptors (Lipinski definition) is 19. The Kier molecular flexibility index (Phi) is 20.8. The van der Waals surface area contributed by atoms with E-state index >= 15 is 0 Å². The fourth-order valence-electron chi connectivity index (χ4n) is 5.79. The molecule has 348 valence electrons. The first-order valence-electron chi connectivity index (χ1n) is 19.2. The number of aliphatic hydroxyl groups excluding tert-OH is 3. The Labute approximate surface area is 355 Å². The summed E-state index contributed by atoms with van der Waals surface area (Å²) in [7, 11) is -16.4. The van der Waals surface area contributed by atoms with Crippen molar-refractivity contribution >= 4 is 69.1 Å². The minimum absolute atomic E-state index is 0.0269. The number of nitrogens with two attached hydrogens (primary N) is 1. The number of rotatable bonds is 28. The molecular formula is C32H56N7O18P3S. The van der Waals surface area contributed by atoms with E-state index in [0.717, 1.165) is 61.1 Å². The van der Waals surface area contributed by atoms with Gasteiger partial charge in [0.15, 0.2) is 17.7 Å². The van der Waals surface area contributed by atoms with Crippen molar-refractivity contribution in [1.82, 2.24) is 30.2 Å². The average Bonchev–Trinajstić information content (AvgIpc) is 3.73. The van der Waals surface area contributed by atoms with Gasteiger partial charge in [-0.2, -0.15) is 4.31 Å². The standard InChI is InChI=1S/C32H56N7O18P3S/c1-4-5-6-7-8-9-10-11-20(40)31(45)61-15-14-34-22(41)12-13-35-29(44)26(43)32(2,3)17-54-60(51,52)57-59(49,50)53-16-21-25(56-58(46,47)48)24(42)30(55-21)39-19-38-23-27(33)36-18-37-28(23)39/h18-21,24-26,30,40,42-43H,4-17H2,1-3H3,(H,34,41)(H,35,44)(H,49,50)(H,51,52)(H2,33,36,37)(H2,46,47,48). The normalized spacial score (nSPS) is 21.4. The van der Waals surface area contributed by atoms with Crippen molar-refractivity contribution in [2.24, 2.45) is 5.41 Å². The Balaban J connectivity index is 1.41. The van der Waals surface area contributed by atoms with E-state index in [1.165, 1.54) is 26.7 Å². The minimum Gasteiger partial charge on any atom is -0.386 e. The van der Waals surface area contributed by atoms with Crippen LogP contribution in [0.25, 0.3) is 11.2 Å². The summed E-state index contributed by atoms with van der Waals surface area (Å²) < 4.78 is 62.2. The molecule has 25 nitrogen and oxygen atoms in total. The number of phosphoric ester groups is 3. The summed E-state index contributed by atoms with van der Waals surface area (Å²) in [4.78, 5) is 88.0. The first kappa shape index (κ1) is 52.9. The van der Waals surface area contributed by atoms with Gasteiger partial charge in [-0.25, -0.2) is 28.6 Å². The number of anilines is 1. The van der Waals surface area contributed by atoms with E-state index in [-0.39, 0.29) is 47.4 Å². The largest absolute Gasteiger partial charge is 0.481 e. The first-order chi connectivity index (χ1) is 28.5. The highest BCUT2D eigenvalue weighted by Gasteiger charge is 2.50. The molecule has 1 aliphatic heterocycles. The lowest BCUT2D eigenvalue weighted by molar-refractivity contribution is -0.137. The number of phosphoric acid groups is 3. The molecule has 2 amide bonds. The van der Waals surface area contributed by atoms with E-state index in [9.17, 15) is 63.0 Å². The van der Waals surface area contributed by atoms with Crippen LogP contribution in [-0.4, -0.2) is 134 Å². The maximum Gasteiger partial charge on any atom is 0.481 e. The van der Waals surface area contributed by atoms with Gasteiger partial charge in [-0.3, -0.25) is 32.5 Å². The number of nitrogens with one attached hydrogen (secondary N) is 2. The van der Waals surface area contributed by atoms with Crippen molar-refractivity contribution < 1.29 is 85.6 Å². The number of thioether (sulfide) groups is 1. The van der Waals surface area contributed by atoms with Gasteiger partial charge in [-0.15, -0.1) is 0 Å². The highest BCUT2D eigenvalue weighted by molar-refractivity contribution is 8.13. The van der Waals surface area contributed by atoms with Gasteiger partial charge in [0.05, 0.1) is 19.5 Å². The topological polar surface area (TPSA) is 384 Å². The lowest BCUT2D eigenvalue weighted by Crippen LogP contribution is -2.46. The minimum atomic E-state index is -5.58. The van der Waals surface area contributed by atoms with Gasteiger partial charge in [0.2, 0.25) is 16.9 Å². The fourth-order valence-corrected chi connectivity index (χ4v) is 9.34. The summed E-state index contributed by atoms with van der Waals surface area (Å²) in [6.07, 6.45) is -0.264. The maximum atomic E-state index is 12.7. The SMILES string of the molecule is CCCCCCCCCC(O)C(=O)SCCNC(=O)CCNC(=O)C(O)C(C)(C)COP(=O)(O)OP(=O)(O)OCC1OC(n2cnc3c(N)ncnc32)C(O)C1OP(=O)(O)O. The van der Waals surface area contributed by atoms with E-state index in [1.54, 1.807) is 0 Å². The van der Waals surface area contributed by atoms with Gasteiger partial charge < -0.3 is 56.0 Å². The van der Waals surface area contributed by atoms with Gasteiger partial charge in [-0.1, -0.05) is 77.5 Å². The quantitative estimate of drug-likeness (QED) is 0.0422. The molecule has 0 saturated carbocycles. The summed E-state index contributed by atoms with van der Waals surface area (Å²) in [5.74, 6) is -1.29. The predicted molar refractivity (Wildman–Crippen MR) is 216 cm³/mol. The van der Waals surface area contributed by atoms with Crippen LogP contribution in [0.3, 0.4) is 0 Å². The maximum absolute atomic E-state index is 12.7. The number of aliphatic hydroxyl groups is 3. The van der Waals surface area contributed by atoms with Crippen molar-refractivity contribution in [2.45, 2.75) is 115 Å². The fraction of sp³-hybridized carbons (Fsp3) is 0.750. The third-order valence-corrected chi connectivity index (χ3v) is 13.2. The van der Waals surface area contributed by atoms with E-state index in [2.05, 4.69) is 41.3 Å². The van der Waals surface area contributed by atoms with Crippen LogP contribution in [0, 0.1) is 5.41 Å². The second kappa shape index (κ2) is 24.0. The zero-order chi connectivity index (χ0) is 45.6. The number of imidazole rings is 1. The molecule has 0 spiro atoms. The Morgan fingerprint density at radius 1 is 0.967 bits per heavy atom. The number of fused-ring (bicyclic) bond motifs is 1. The molecule has 3 rings (SSSR count). The first-order valence-corrected chi connectivity index (χ1v) is 24.7. The number of carbonyl (C=O) groups is 3. The number of unbranched alkanes of at least 4 members (excludes halogenated alkanes) is 6. The van der Waals surface area contributed by atoms with Crippen LogP contribution in [0.2, 0.25) is 0 Å². The number of nitrogen functional groups attached to an aromatic ring is 1. The molecule has 0 aromatic carbocycles. The monoisotopic (exact) mass is 951 g/mol. The lowest BCUT2D eigenvalue weighted by atomic mass is 9.87. The van der Waals surface area contributed by atoms with Gasteiger partial charge in [0.1, 0.15) is 42.4 Å². The Bertz CT molecular complexity index is 1910. The third kappa shape index (κ3) is 17.5. The van der Waals surface area contributed by atoms with Gasteiger partial charge in [-0.05, 0) is 6.42 Å². The zero-order valence-corrected chi connectivity index (χ0v) is 37.3. The summed E-state index contributed by atoms with van der Waals surface area (Å²) in [5, 5.41) is 36.1. The number of ether oxygens (including phenoxy) is 1. The van der Waals surface area contributed by atoms with E-state index < -0.39 is 90.7 Å². The molecule has 1 aliphatic rings. The number of carbonyl (C=O) groups excluding carboxylic acids is 3. The number of amides is 2. The van der Waals surface area contributed by atoms with Crippen molar-refractivity contribution in [3.63, 3.8) is 0 Å². The number of aromatic nitrogens is 4. The summed E-state index contributed by atoms with van der Waals surface area (Å²) in [6, 6.07) is 0. The van der Waals surface area contributed by atoms with Gasteiger partial charge in [0, 0.05) is 30.7 Å². The van der Waals surface area contributed by atoms with Crippen LogP contribution in [0.1, 0.15) is 84.8 Å². The molecule has 61 heavy (non-hydrogen) atoms. The van der Waals surface area contributed by atoms with E-state index in [0.29, 0.717) is 6.42 Å². The molecule has 2 aromatic heterocycles. The van der Waals surface area contributed by atoms with Crippen LogP contribution in [0.4, 0.5) is 5.82 Å². The predicted octanol–water partition coefficient (Wildman–Crippen LogP) is 1.17. The molecule has 29 heteroatoms. The highest BCUT2D eigenvalue weighted by atomic mass is 32.2. The van der Waals surface area contributed by atoms with Crippen LogP contribution in [0.5, 0.6) is 0 Å². The smallest absolute Gasteiger partial charge is 0.386 e.